The van der Waals surface area contributed by atoms with E-state index in [4.69, 9.17) is 0 Å². The number of ether oxygens (including phenoxy) is 1. The van der Waals surface area contributed by atoms with Crippen LogP contribution in [0.3, 0.4) is 0 Å². The number of fused-ring (bicyclic) bond motifs is 1. The standard InChI is InChI=1S/C11H14N2O3/c1-16-10(14)6-9-11(15)7-4-2-3-5-8(7)12-13-9/h2-6H2,1H3,(H,12,15). The molecule has 5 nitrogen and oxygen atoms in total. The number of nitrogens with zero attached hydrogens (tertiary/aromatic N) is 1. The van der Waals surface area contributed by atoms with Crippen molar-refractivity contribution in [2.75, 3.05) is 7.11 Å². The zero-order valence-corrected chi connectivity index (χ0v) is 9.21. The molecule has 0 radical (unpaired) electrons. The molecule has 0 saturated carbocycles. The summed E-state index contributed by atoms with van der Waals surface area (Å²) < 4.78 is 4.52. The van der Waals surface area contributed by atoms with Crippen LogP contribution in [-0.2, 0) is 28.8 Å². The molecule has 5 heteroatoms. The highest BCUT2D eigenvalue weighted by atomic mass is 16.5. The van der Waals surface area contributed by atoms with E-state index in [1.807, 2.05) is 0 Å². The SMILES string of the molecule is COC(=O)Cc1n[nH]c2c(c1=O)CCCC2. The second kappa shape index (κ2) is 4.47. The van der Waals surface area contributed by atoms with E-state index < -0.39 is 5.97 Å². The summed E-state index contributed by atoms with van der Waals surface area (Å²) >= 11 is 0. The van der Waals surface area contributed by atoms with Gasteiger partial charge in [0.1, 0.15) is 5.69 Å². The van der Waals surface area contributed by atoms with Crippen LogP contribution in [-0.4, -0.2) is 23.3 Å². The van der Waals surface area contributed by atoms with E-state index in [2.05, 4.69) is 14.9 Å². The number of hydrogen-bond acceptors (Lipinski definition) is 4. The molecule has 2 rings (SSSR count). The van der Waals surface area contributed by atoms with Gasteiger partial charge in [0.2, 0.25) is 5.43 Å². The molecule has 0 atom stereocenters. The van der Waals surface area contributed by atoms with Gasteiger partial charge in [-0.15, -0.1) is 0 Å². The topological polar surface area (TPSA) is 72.0 Å². The Morgan fingerprint density at radius 2 is 2.19 bits per heavy atom. The lowest BCUT2D eigenvalue weighted by Gasteiger charge is -2.14. The van der Waals surface area contributed by atoms with Crippen molar-refractivity contribution in [2.45, 2.75) is 32.1 Å². The number of aromatic amines is 1. The molecule has 1 aromatic heterocycles. The Bertz CT molecular complexity index is 465. The highest BCUT2D eigenvalue weighted by Crippen LogP contribution is 2.15. The summed E-state index contributed by atoms with van der Waals surface area (Å²) in [6.07, 6.45) is 3.70. The van der Waals surface area contributed by atoms with Crippen LogP contribution in [0.4, 0.5) is 0 Å². The number of esters is 1. The third kappa shape index (κ3) is 1.98. The largest absolute Gasteiger partial charge is 0.469 e. The van der Waals surface area contributed by atoms with Crippen molar-refractivity contribution in [1.82, 2.24) is 10.2 Å². The third-order valence-electron chi connectivity index (χ3n) is 2.87. The van der Waals surface area contributed by atoms with Gasteiger partial charge in [0.25, 0.3) is 0 Å². The van der Waals surface area contributed by atoms with Crippen LogP contribution in [0.25, 0.3) is 0 Å². The average molecular weight is 222 g/mol. The third-order valence-corrected chi connectivity index (χ3v) is 2.87. The summed E-state index contributed by atoms with van der Waals surface area (Å²) in [6, 6.07) is 0. The molecular weight excluding hydrogens is 208 g/mol. The summed E-state index contributed by atoms with van der Waals surface area (Å²) in [4.78, 5) is 23.1. The van der Waals surface area contributed by atoms with Gasteiger partial charge in [0.05, 0.1) is 13.5 Å². The molecule has 1 aromatic rings. The van der Waals surface area contributed by atoms with Crippen LogP contribution >= 0.6 is 0 Å². The van der Waals surface area contributed by atoms with Crippen molar-refractivity contribution in [3.63, 3.8) is 0 Å². The lowest BCUT2D eigenvalue weighted by molar-refractivity contribution is -0.139. The summed E-state index contributed by atoms with van der Waals surface area (Å²) in [6.45, 7) is 0. The number of hydrogen-bond donors (Lipinski definition) is 1. The first-order chi connectivity index (χ1) is 7.72. The van der Waals surface area contributed by atoms with Crippen molar-refractivity contribution in [3.8, 4) is 0 Å². The maximum Gasteiger partial charge on any atom is 0.311 e. The normalized spacial score (nSPS) is 14.3. The zero-order valence-electron chi connectivity index (χ0n) is 9.21. The van der Waals surface area contributed by atoms with Gasteiger partial charge in [-0.3, -0.25) is 14.7 Å². The first-order valence-electron chi connectivity index (χ1n) is 5.38. The van der Waals surface area contributed by atoms with E-state index >= 15 is 0 Å². The number of H-pyrrole nitrogens is 1. The Kier molecular flexibility index (Phi) is 3.03. The molecule has 1 aliphatic carbocycles. The van der Waals surface area contributed by atoms with E-state index in [9.17, 15) is 9.59 Å². The zero-order chi connectivity index (χ0) is 11.5. The van der Waals surface area contributed by atoms with Crippen LogP contribution in [0.1, 0.15) is 29.8 Å². The van der Waals surface area contributed by atoms with Gasteiger partial charge in [-0.25, -0.2) is 0 Å². The Morgan fingerprint density at radius 1 is 1.44 bits per heavy atom. The predicted molar refractivity (Wildman–Crippen MR) is 57.2 cm³/mol. The minimum atomic E-state index is -0.436. The van der Waals surface area contributed by atoms with Crippen LogP contribution < -0.4 is 5.43 Å². The molecule has 0 spiro atoms. The van der Waals surface area contributed by atoms with Crippen molar-refractivity contribution in [2.24, 2.45) is 0 Å². The van der Waals surface area contributed by atoms with E-state index in [0.717, 1.165) is 36.9 Å². The molecule has 0 aliphatic heterocycles. The predicted octanol–water partition coefficient (Wildman–Crippen LogP) is 0.364. The maximum absolute atomic E-state index is 12.0. The number of aryl methyl sites for hydroxylation is 1. The molecule has 1 heterocycles. The minimum Gasteiger partial charge on any atom is -0.469 e. The number of aromatic nitrogens is 2. The molecule has 1 N–H and O–H groups in total. The lowest BCUT2D eigenvalue weighted by atomic mass is 9.95. The smallest absolute Gasteiger partial charge is 0.311 e. The first kappa shape index (κ1) is 10.9. The van der Waals surface area contributed by atoms with Crippen LogP contribution in [0, 0.1) is 0 Å². The maximum atomic E-state index is 12.0. The highest BCUT2D eigenvalue weighted by Gasteiger charge is 2.18. The summed E-state index contributed by atoms with van der Waals surface area (Å²) in [7, 11) is 1.30. The van der Waals surface area contributed by atoms with Gasteiger partial charge in [0.15, 0.2) is 0 Å². The van der Waals surface area contributed by atoms with Gasteiger partial charge in [-0.2, -0.15) is 5.10 Å². The molecular formula is C11H14N2O3. The van der Waals surface area contributed by atoms with Crippen molar-refractivity contribution in [3.05, 3.63) is 27.2 Å². The van der Waals surface area contributed by atoms with Crippen molar-refractivity contribution < 1.29 is 9.53 Å². The monoisotopic (exact) mass is 222 g/mol. The van der Waals surface area contributed by atoms with Gasteiger partial charge in [-0.1, -0.05) is 0 Å². The van der Waals surface area contributed by atoms with Crippen LogP contribution in [0.15, 0.2) is 4.79 Å². The quantitative estimate of drug-likeness (QED) is 0.733. The van der Waals surface area contributed by atoms with Gasteiger partial charge >= 0.3 is 5.97 Å². The van der Waals surface area contributed by atoms with Gasteiger partial charge < -0.3 is 4.74 Å². The molecule has 0 unspecified atom stereocenters. The van der Waals surface area contributed by atoms with E-state index in [0.29, 0.717) is 0 Å². The van der Waals surface area contributed by atoms with E-state index in [1.54, 1.807) is 0 Å². The van der Waals surface area contributed by atoms with Crippen molar-refractivity contribution in [1.29, 1.82) is 0 Å². The van der Waals surface area contributed by atoms with Crippen LogP contribution in [0.2, 0.25) is 0 Å². The van der Waals surface area contributed by atoms with E-state index in [-0.39, 0.29) is 17.5 Å². The van der Waals surface area contributed by atoms with Crippen molar-refractivity contribution >= 4 is 5.97 Å². The van der Waals surface area contributed by atoms with Gasteiger partial charge in [0, 0.05) is 11.3 Å². The highest BCUT2D eigenvalue weighted by molar-refractivity contribution is 5.71. The summed E-state index contributed by atoms with van der Waals surface area (Å²) in [5, 5.41) is 6.81. The summed E-state index contributed by atoms with van der Waals surface area (Å²) in [5.74, 6) is -0.436. The van der Waals surface area contributed by atoms with E-state index in [1.165, 1.54) is 7.11 Å². The fourth-order valence-electron chi connectivity index (χ4n) is 1.97. The molecule has 0 bridgehead atoms. The molecule has 0 saturated heterocycles. The number of nitrogens with one attached hydrogen (secondary N) is 1. The minimum absolute atomic E-state index is 0.0564. The molecule has 16 heavy (non-hydrogen) atoms. The molecule has 0 amide bonds. The Hall–Kier alpha value is -1.65. The molecule has 1 aliphatic rings. The second-order valence-corrected chi connectivity index (χ2v) is 3.92. The number of methoxy groups -OCH3 is 1. The Morgan fingerprint density at radius 3 is 2.94 bits per heavy atom. The Labute approximate surface area is 92.8 Å². The second-order valence-electron chi connectivity index (χ2n) is 3.92. The number of rotatable bonds is 2. The van der Waals surface area contributed by atoms with Gasteiger partial charge in [-0.05, 0) is 25.7 Å². The fraction of sp³-hybridized carbons (Fsp3) is 0.545. The van der Waals surface area contributed by atoms with Crippen LogP contribution in [0.5, 0.6) is 0 Å². The molecule has 0 fully saturated rings. The number of carbonyl (C=O) groups excluding carboxylic acids is 1. The molecule has 0 aromatic carbocycles. The number of carbonyl (C=O) groups is 1. The lowest BCUT2D eigenvalue weighted by Crippen LogP contribution is -2.25. The fourth-order valence-corrected chi connectivity index (χ4v) is 1.97. The average Bonchev–Trinajstić information content (AvgIpc) is 2.33. The first-order valence-corrected chi connectivity index (χ1v) is 5.38. The summed E-state index contributed by atoms with van der Waals surface area (Å²) in [5.41, 5.74) is 1.87. The Balaban J connectivity index is 2.34. The molecule has 86 valence electrons.